The molecule has 9 heavy (non-hydrogen) atoms. The summed E-state index contributed by atoms with van der Waals surface area (Å²) < 4.78 is 1.36. The van der Waals surface area contributed by atoms with Gasteiger partial charge < -0.3 is 0 Å². The fourth-order valence-corrected chi connectivity index (χ4v) is 1.27. The fourth-order valence-electron chi connectivity index (χ4n) is 0.687. The first kappa shape index (κ1) is 7.55. The van der Waals surface area contributed by atoms with Crippen LogP contribution in [0.25, 0.3) is 0 Å². The third kappa shape index (κ3) is 2.26. The van der Waals surface area contributed by atoms with E-state index in [1.165, 1.54) is 4.48 Å². The Hall–Kier alpha value is 0.440. The molecule has 0 bridgehead atoms. The molecule has 1 aliphatic carbocycles. The topological polar surface area (TPSA) is 0 Å². The molecular weight excluding hydrogens is 244 g/mol. The molecule has 0 saturated heterocycles. The van der Waals surface area contributed by atoms with Gasteiger partial charge in [-0.3, -0.25) is 0 Å². The highest BCUT2D eigenvalue weighted by atomic mass is 79.9. The molecule has 0 aromatic heterocycles. The van der Waals surface area contributed by atoms with Gasteiger partial charge in [-0.15, -0.1) is 0 Å². The standard InChI is InChI=1S/C7H8Br2/c1-7(9)4-2-6(8)3-5-7/h2-4H,5H2,1H3. The van der Waals surface area contributed by atoms with E-state index in [2.05, 4.69) is 57.0 Å². The molecule has 1 aliphatic rings. The van der Waals surface area contributed by atoms with Gasteiger partial charge in [-0.1, -0.05) is 50.1 Å². The van der Waals surface area contributed by atoms with Crippen molar-refractivity contribution >= 4 is 31.9 Å². The summed E-state index contributed by atoms with van der Waals surface area (Å²) in [5.41, 5.74) is 0. The van der Waals surface area contributed by atoms with Crippen molar-refractivity contribution in [1.82, 2.24) is 0 Å². The number of alkyl halides is 1. The van der Waals surface area contributed by atoms with E-state index < -0.39 is 0 Å². The van der Waals surface area contributed by atoms with Gasteiger partial charge in [0, 0.05) is 8.81 Å². The van der Waals surface area contributed by atoms with Gasteiger partial charge in [0.25, 0.3) is 0 Å². The molecule has 2 heteroatoms. The van der Waals surface area contributed by atoms with Crippen LogP contribution in [-0.4, -0.2) is 4.32 Å². The minimum Gasteiger partial charge on any atom is -0.0807 e. The molecule has 1 atom stereocenters. The number of hydrogen-bond acceptors (Lipinski definition) is 0. The monoisotopic (exact) mass is 250 g/mol. The fraction of sp³-hybridized carbons (Fsp3) is 0.429. The van der Waals surface area contributed by atoms with Crippen LogP contribution in [0.5, 0.6) is 0 Å². The molecule has 0 fully saturated rings. The summed E-state index contributed by atoms with van der Waals surface area (Å²) in [6, 6.07) is 0. The second kappa shape index (κ2) is 2.59. The maximum atomic E-state index is 3.57. The third-order valence-corrected chi connectivity index (χ3v) is 2.46. The molecule has 50 valence electrons. The van der Waals surface area contributed by atoms with Crippen LogP contribution in [0.1, 0.15) is 13.3 Å². The minimum atomic E-state index is 0.185. The van der Waals surface area contributed by atoms with E-state index in [9.17, 15) is 0 Å². The summed E-state index contributed by atoms with van der Waals surface area (Å²) in [4.78, 5) is 0. The molecule has 0 aliphatic heterocycles. The molecule has 0 spiro atoms. The second-order valence-electron chi connectivity index (χ2n) is 2.40. The predicted octanol–water partition coefficient (Wildman–Crippen LogP) is 3.38. The van der Waals surface area contributed by atoms with Crippen molar-refractivity contribution in [3.63, 3.8) is 0 Å². The summed E-state index contributed by atoms with van der Waals surface area (Å²) in [7, 11) is 0. The quantitative estimate of drug-likeness (QED) is 0.579. The Kier molecular flexibility index (Phi) is 2.17. The van der Waals surface area contributed by atoms with Crippen LogP contribution in [-0.2, 0) is 0 Å². The molecule has 0 aromatic rings. The van der Waals surface area contributed by atoms with Crippen molar-refractivity contribution in [2.24, 2.45) is 0 Å². The summed E-state index contributed by atoms with van der Waals surface area (Å²) in [5.74, 6) is 0. The zero-order valence-corrected chi connectivity index (χ0v) is 8.37. The summed E-state index contributed by atoms with van der Waals surface area (Å²) in [6.45, 7) is 2.15. The van der Waals surface area contributed by atoms with E-state index in [1.807, 2.05) is 0 Å². The Balaban J connectivity index is 2.70. The van der Waals surface area contributed by atoms with Gasteiger partial charge in [0.05, 0.1) is 0 Å². The smallest absolute Gasteiger partial charge is 0.0446 e. The lowest BCUT2D eigenvalue weighted by atomic mass is 10.0. The van der Waals surface area contributed by atoms with Gasteiger partial charge in [0.2, 0.25) is 0 Å². The van der Waals surface area contributed by atoms with Crippen molar-refractivity contribution in [2.45, 2.75) is 17.7 Å². The van der Waals surface area contributed by atoms with Crippen molar-refractivity contribution < 1.29 is 0 Å². The van der Waals surface area contributed by atoms with E-state index >= 15 is 0 Å². The van der Waals surface area contributed by atoms with Crippen molar-refractivity contribution in [1.29, 1.82) is 0 Å². The molecule has 0 nitrogen and oxygen atoms in total. The highest BCUT2D eigenvalue weighted by Gasteiger charge is 2.16. The Morgan fingerprint density at radius 1 is 1.67 bits per heavy atom. The Labute approximate surface area is 72.3 Å². The summed E-state index contributed by atoms with van der Waals surface area (Å²) >= 11 is 6.96. The number of hydrogen-bond donors (Lipinski definition) is 0. The molecule has 1 unspecified atom stereocenters. The van der Waals surface area contributed by atoms with Crippen LogP contribution < -0.4 is 0 Å². The Bertz CT molecular complexity index is 166. The first-order valence-corrected chi connectivity index (χ1v) is 4.43. The minimum absolute atomic E-state index is 0.185. The van der Waals surface area contributed by atoms with E-state index in [4.69, 9.17) is 0 Å². The molecule has 0 N–H and O–H groups in total. The molecule has 1 rings (SSSR count). The predicted molar refractivity (Wildman–Crippen MR) is 48.1 cm³/mol. The van der Waals surface area contributed by atoms with Crippen LogP contribution >= 0.6 is 31.9 Å². The van der Waals surface area contributed by atoms with Gasteiger partial charge in [-0.05, 0) is 13.3 Å². The van der Waals surface area contributed by atoms with Gasteiger partial charge in [0.15, 0.2) is 0 Å². The Morgan fingerprint density at radius 2 is 2.33 bits per heavy atom. The van der Waals surface area contributed by atoms with Crippen molar-refractivity contribution in [2.75, 3.05) is 0 Å². The molecule has 0 aromatic carbocycles. The van der Waals surface area contributed by atoms with E-state index in [1.54, 1.807) is 0 Å². The van der Waals surface area contributed by atoms with Gasteiger partial charge >= 0.3 is 0 Å². The average Bonchev–Trinajstić information content (AvgIpc) is 1.78. The van der Waals surface area contributed by atoms with Crippen LogP contribution in [0, 0.1) is 0 Å². The molecule has 0 heterocycles. The van der Waals surface area contributed by atoms with Crippen molar-refractivity contribution in [3.05, 3.63) is 22.7 Å². The number of rotatable bonds is 0. The lowest BCUT2D eigenvalue weighted by Gasteiger charge is -2.18. The maximum absolute atomic E-state index is 3.57. The first-order chi connectivity index (χ1) is 4.10. The zero-order chi connectivity index (χ0) is 6.91. The highest BCUT2D eigenvalue weighted by Crippen LogP contribution is 2.30. The molecule has 0 amide bonds. The molecule has 0 saturated carbocycles. The van der Waals surface area contributed by atoms with Crippen LogP contribution in [0.3, 0.4) is 0 Å². The second-order valence-corrected chi connectivity index (χ2v) is 5.13. The summed E-state index contributed by atoms with van der Waals surface area (Å²) in [5, 5.41) is 0. The van der Waals surface area contributed by atoms with E-state index in [0.29, 0.717) is 0 Å². The number of allylic oxidation sites excluding steroid dienone is 4. The van der Waals surface area contributed by atoms with Crippen LogP contribution in [0.15, 0.2) is 22.7 Å². The van der Waals surface area contributed by atoms with E-state index in [-0.39, 0.29) is 4.32 Å². The molecule has 0 radical (unpaired) electrons. The lowest BCUT2D eigenvalue weighted by Crippen LogP contribution is -2.11. The Morgan fingerprint density at radius 3 is 2.67 bits per heavy atom. The normalized spacial score (nSPS) is 34.3. The van der Waals surface area contributed by atoms with Gasteiger partial charge in [-0.2, -0.15) is 0 Å². The largest absolute Gasteiger partial charge is 0.0807 e. The van der Waals surface area contributed by atoms with Gasteiger partial charge in [0.1, 0.15) is 0 Å². The van der Waals surface area contributed by atoms with E-state index in [0.717, 1.165) is 6.42 Å². The zero-order valence-electron chi connectivity index (χ0n) is 5.20. The van der Waals surface area contributed by atoms with Crippen LogP contribution in [0.2, 0.25) is 0 Å². The third-order valence-electron chi connectivity index (χ3n) is 1.29. The summed E-state index contributed by atoms with van der Waals surface area (Å²) in [6.07, 6.45) is 7.44. The molecular formula is C7H8Br2. The highest BCUT2D eigenvalue weighted by molar-refractivity contribution is 9.12. The average molecular weight is 252 g/mol. The first-order valence-electron chi connectivity index (χ1n) is 2.84. The number of halogens is 2. The lowest BCUT2D eigenvalue weighted by molar-refractivity contribution is 0.814. The van der Waals surface area contributed by atoms with Gasteiger partial charge in [-0.25, -0.2) is 0 Å². The SMILES string of the molecule is CC1(Br)C=CC(Br)=CC1. The van der Waals surface area contributed by atoms with Crippen molar-refractivity contribution in [3.8, 4) is 0 Å². The maximum Gasteiger partial charge on any atom is 0.0446 e. The van der Waals surface area contributed by atoms with Crippen LogP contribution in [0.4, 0.5) is 0 Å².